The van der Waals surface area contributed by atoms with Crippen LogP contribution in [-0.4, -0.2) is 33.0 Å². The number of phenols is 1. The Balaban J connectivity index is 1.62. The molecule has 0 unspecified atom stereocenters. The van der Waals surface area contributed by atoms with Gasteiger partial charge in [-0.2, -0.15) is 13.2 Å². The second kappa shape index (κ2) is 10.3. The van der Waals surface area contributed by atoms with Crippen LogP contribution in [0.1, 0.15) is 27.2 Å². The number of aromatic nitrogens is 3. The van der Waals surface area contributed by atoms with Crippen LogP contribution in [0.2, 0.25) is 0 Å². The first-order valence-corrected chi connectivity index (χ1v) is 12.3. The van der Waals surface area contributed by atoms with E-state index < -0.39 is 17.6 Å². The molecule has 0 fully saturated rings. The van der Waals surface area contributed by atoms with E-state index in [0.29, 0.717) is 39.1 Å². The number of aryl methyl sites for hydroxylation is 2. The van der Waals surface area contributed by atoms with Crippen molar-refractivity contribution in [2.24, 2.45) is 0 Å². The van der Waals surface area contributed by atoms with Crippen molar-refractivity contribution < 1.29 is 23.1 Å². The van der Waals surface area contributed by atoms with Crippen LogP contribution >= 0.6 is 0 Å². The van der Waals surface area contributed by atoms with Crippen molar-refractivity contribution >= 4 is 28.4 Å². The van der Waals surface area contributed by atoms with Gasteiger partial charge in [-0.3, -0.25) is 9.78 Å². The van der Waals surface area contributed by atoms with Gasteiger partial charge in [0.15, 0.2) is 0 Å². The molecule has 0 radical (unpaired) electrons. The number of hydrogen-bond acceptors (Lipinski definition) is 6. The average molecular weight is 544 g/mol. The zero-order valence-corrected chi connectivity index (χ0v) is 21.8. The summed E-state index contributed by atoms with van der Waals surface area (Å²) in [4.78, 5) is 26.2. The van der Waals surface area contributed by atoms with Crippen LogP contribution in [-0.2, 0) is 6.18 Å². The van der Waals surface area contributed by atoms with E-state index in [1.807, 2.05) is 19.9 Å². The number of fused-ring (bicyclic) bond motifs is 1. The van der Waals surface area contributed by atoms with E-state index in [4.69, 9.17) is 0 Å². The van der Waals surface area contributed by atoms with Gasteiger partial charge in [-0.05, 0) is 79.1 Å². The Morgan fingerprint density at radius 3 is 2.48 bits per heavy atom. The van der Waals surface area contributed by atoms with Gasteiger partial charge in [-0.1, -0.05) is 12.1 Å². The lowest BCUT2D eigenvalue weighted by Crippen LogP contribution is -2.13. The van der Waals surface area contributed by atoms with Crippen molar-refractivity contribution in [3.8, 4) is 28.0 Å². The summed E-state index contributed by atoms with van der Waals surface area (Å²) in [6.07, 6.45) is -1.24. The first-order valence-electron chi connectivity index (χ1n) is 12.3. The standard InChI is InChI=1S/C30H24F3N5O2/c1-16-7-8-19(28(40)37-22-6-4-5-21(14-22)30(31,32)33)12-23(16)24-13-20-15-36-29(34-3)38-26(20)25(27(24)39)18-9-10-35-17(2)11-18/h4-15,39H,1-3H3,(H,37,40)(H,34,36,38). The highest BCUT2D eigenvalue weighted by molar-refractivity contribution is 6.06. The third-order valence-corrected chi connectivity index (χ3v) is 6.49. The van der Waals surface area contributed by atoms with Gasteiger partial charge >= 0.3 is 6.18 Å². The van der Waals surface area contributed by atoms with Crippen LogP contribution in [0.15, 0.2) is 73.1 Å². The molecule has 7 nitrogen and oxygen atoms in total. The highest BCUT2D eigenvalue weighted by atomic mass is 19.4. The SMILES string of the molecule is CNc1ncc2cc(-c3cc(C(=O)Nc4cccc(C(F)(F)F)c4)ccc3C)c(O)c(-c3ccnc(C)c3)c2n1. The van der Waals surface area contributed by atoms with Gasteiger partial charge in [0.25, 0.3) is 5.91 Å². The highest BCUT2D eigenvalue weighted by Gasteiger charge is 2.30. The third kappa shape index (κ3) is 5.15. The number of benzene rings is 3. The van der Waals surface area contributed by atoms with Crippen LogP contribution < -0.4 is 10.6 Å². The maximum Gasteiger partial charge on any atom is 0.416 e. The normalized spacial score (nSPS) is 11.4. The second-order valence-electron chi connectivity index (χ2n) is 9.28. The van der Waals surface area contributed by atoms with Gasteiger partial charge in [0.05, 0.1) is 16.6 Å². The fourth-order valence-corrected chi connectivity index (χ4v) is 4.50. The molecule has 2 aromatic heterocycles. The minimum absolute atomic E-state index is 0.0170. The van der Waals surface area contributed by atoms with Crippen molar-refractivity contribution in [1.29, 1.82) is 0 Å². The Hall–Kier alpha value is -4.99. The third-order valence-electron chi connectivity index (χ3n) is 6.49. The largest absolute Gasteiger partial charge is 0.507 e. The number of carbonyl (C=O) groups excluding carboxylic acids is 1. The monoisotopic (exact) mass is 543 g/mol. The lowest BCUT2D eigenvalue weighted by Gasteiger charge is -2.17. The molecule has 0 atom stereocenters. The minimum Gasteiger partial charge on any atom is -0.507 e. The number of hydrogen-bond donors (Lipinski definition) is 3. The van der Waals surface area contributed by atoms with Crippen LogP contribution in [0.3, 0.4) is 0 Å². The summed E-state index contributed by atoms with van der Waals surface area (Å²) < 4.78 is 39.4. The van der Waals surface area contributed by atoms with Crippen molar-refractivity contribution in [2.45, 2.75) is 20.0 Å². The molecule has 3 N–H and O–H groups in total. The van der Waals surface area contributed by atoms with Crippen molar-refractivity contribution in [3.05, 3.63) is 95.4 Å². The molecular formula is C30H24F3N5O2. The average Bonchev–Trinajstić information content (AvgIpc) is 2.92. The van der Waals surface area contributed by atoms with E-state index in [1.165, 1.54) is 12.1 Å². The zero-order chi connectivity index (χ0) is 28.6. The van der Waals surface area contributed by atoms with Crippen molar-refractivity contribution in [1.82, 2.24) is 15.0 Å². The molecule has 0 aliphatic carbocycles. The number of halogens is 3. The van der Waals surface area contributed by atoms with Crippen molar-refractivity contribution in [2.75, 3.05) is 17.7 Å². The van der Waals surface area contributed by atoms with Crippen LogP contribution in [0.4, 0.5) is 24.8 Å². The van der Waals surface area contributed by atoms with Crippen LogP contribution in [0.5, 0.6) is 5.75 Å². The molecule has 0 aliphatic heterocycles. The molecule has 0 saturated carbocycles. The number of nitrogens with one attached hydrogen (secondary N) is 2. The van der Waals surface area contributed by atoms with Gasteiger partial charge in [0.1, 0.15) is 5.75 Å². The van der Waals surface area contributed by atoms with Gasteiger partial charge in [0, 0.05) is 47.3 Å². The molecule has 0 bridgehead atoms. The Bertz CT molecular complexity index is 1770. The quantitative estimate of drug-likeness (QED) is 0.221. The van der Waals surface area contributed by atoms with Gasteiger partial charge < -0.3 is 15.7 Å². The molecule has 0 spiro atoms. The second-order valence-corrected chi connectivity index (χ2v) is 9.28. The van der Waals surface area contributed by atoms with E-state index in [0.717, 1.165) is 23.4 Å². The number of phenolic OH excluding ortho intramolecular Hbond substituents is 1. The summed E-state index contributed by atoms with van der Waals surface area (Å²) in [6, 6.07) is 14.7. The molecule has 0 saturated heterocycles. The topological polar surface area (TPSA) is 100 Å². The number of aromatic hydroxyl groups is 1. The lowest BCUT2D eigenvalue weighted by atomic mass is 9.91. The van der Waals surface area contributed by atoms with Crippen molar-refractivity contribution in [3.63, 3.8) is 0 Å². The van der Waals surface area contributed by atoms with E-state index in [9.17, 15) is 23.1 Å². The van der Waals surface area contributed by atoms with E-state index in [-0.39, 0.29) is 17.0 Å². The smallest absolute Gasteiger partial charge is 0.416 e. The number of rotatable bonds is 5. The summed E-state index contributed by atoms with van der Waals surface area (Å²) in [5.74, 6) is -0.249. The molecule has 1 amide bonds. The summed E-state index contributed by atoms with van der Waals surface area (Å²) >= 11 is 0. The Labute approximate surface area is 227 Å². The number of nitrogens with zero attached hydrogens (tertiary/aromatic N) is 3. The highest BCUT2D eigenvalue weighted by Crippen LogP contribution is 2.44. The molecule has 10 heteroatoms. The van der Waals surface area contributed by atoms with Crippen LogP contribution in [0, 0.1) is 13.8 Å². The first-order chi connectivity index (χ1) is 19.0. The first kappa shape index (κ1) is 26.6. The Kier molecular flexibility index (Phi) is 6.85. The number of amides is 1. The number of anilines is 2. The fourth-order valence-electron chi connectivity index (χ4n) is 4.50. The predicted octanol–water partition coefficient (Wildman–Crippen LogP) is 6.99. The molecule has 40 heavy (non-hydrogen) atoms. The van der Waals surface area contributed by atoms with Gasteiger partial charge in [-0.25, -0.2) is 9.97 Å². The molecule has 2 heterocycles. The summed E-state index contributed by atoms with van der Waals surface area (Å²) in [6.45, 7) is 3.68. The van der Waals surface area contributed by atoms with Gasteiger partial charge in [-0.15, -0.1) is 0 Å². The molecular weight excluding hydrogens is 519 g/mol. The number of pyridine rings is 1. The molecule has 3 aromatic carbocycles. The molecule has 5 aromatic rings. The minimum atomic E-state index is -4.53. The molecule has 202 valence electrons. The Morgan fingerprint density at radius 2 is 1.75 bits per heavy atom. The zero-order valence-electron chi connectivity index (χ0n) is 21.8. The lowest BCUT2D eigenvalue weighted by molar-refractivity contribution is -0.137. The summed E-state index contributed by atoms with van der Waals surface area (Å²) in [7, 11) is 1.70. The van der Waals surface area contributed by atoms with Crippen LogP contribution in [0.25, 0.3) is 33.2 Å². The maximum absolute atomic E-state index is 13.1. The number of carbonyl (C=O) groups is 1. The summed E-state index contributed by atoms with van der Waals surface area (Å²) in [5.41, 5.74) is 3.62. The Morgan fingerprint density at radius 1 is 0.950 bits per heavy atom. The van der Waals surface area contributed by atoms with Gasteiger partial charge in [0.2, 0.25) is 5.95 Å². The molecule has 5 rings (SSSR count). The fraction of sp³-hybridized carbons (Fsp3) is 0.133. The van der Waals surface area contributed by atoms with E-state index in [1.54, 1.807) is 49.8 Å². The predicted molar refractivity (Wildman–Crippen MR) is 148 cm³/mol. The molecule has 0 aliphatic rings. The number of alkyl halides is 3. The van der Waals surface area contributed by atoms with E-state index in [2.05, 4.69) is 25.6 Å². The van der Waals surface area contributed by atoms with E-state index >= 15 is 0 Å². The summed E-state index contributed by atoms with van der Waals surface area (Å²) in [5, 5.41) is 17.7. The maximum atomic E-state index is 13.1.